The third-order valence-corrected chi connectivity index (χ3v) is 5.02. The summed E-state index contributed by atoms with van der Waals surface area (Å²) in [6, 6.07) is 12.5. The fourth-order valence-electron chi connectivity index (χ4n) is 2.62. The quantitative estimate of drug-likeness (QED) is 0.560. The molecule has 0 spiro atoms. The molecule has 0 saturated carbocycles. The first-order valence-electron chi connectivity index (χ1n) is 7.92. The summed E-state index contributed by atoms with van der Waals surface area (Å²) in [6.07, 6.45) is 0.528. The van der Waals surface area contributed by atoms with Gasteiger partial charge in [0.25, 0.3) is 5.56 Å². The molecule has 2 aromatic heterocycles. The van der Waals surface area contributed by atoms with Gasteiger partial charge < -0.3 is 10.3 Å². The van der Waals surface area contributed by atoms with Crippen LogP contribution in [0.4, 0.5) is 5.13 Å². The molecule has 0 saturated heterocycles. The lowest BCUT2D eigenvalue weighted by atomic mass is 10.2. The summed E-state index contributed by atoms with van der Waals surface area (Å²) in [5, 5.41) is 4.46. The van der Waals surface area contributed by atoms with Gasteiger partial charge in [0.15, 0.2) is 5.13 Å². The molecule has 0 aliphatic heterocycles. The van der Waals surface area contributed by atoms with Crippen LogP contribution in [0.25, 0.3) is 21.1 Å². The lowest BCUT2D eigenvalue weighted by Crippen LogP contribution is -2.16. The minimum absolute atomic E-state index is 0.189. The molecule has 0 atom stereocenters. The van der Waals surface area contributed by atoms with Crippen molar-refractivity contribution in [2.45, 2.75) is 12.8 Å². The molecule has 1 amide bonds. The Balaban J connectivity index is 1.45. The second-order valence-electron chi connectivity index (χ2n) is 5.71. The van der Waals surface area contributed by atoms with E-state index in [9.17, 15) is 9.59 Å². The maximum absolute atomic E-state index is 12.2. The Bertz CT molecular complexity index is 1180. The predicted molar refractivity (Wildman–Crippen MR) is 104 cm³/mol. The van der Waals surface area contributed by atoms with Gasteiger partial charge >= 0.3 is 0 Å². The van der Waals surface area contributed by atoms with Gasteiger partial charge in [0.05, 0.1) is 21.1 Å². The van der Waals surface area contributed by atoms with Crippen molar-refractivity contribution < 1.29 is 4.79 Å². The van der Waals surface area contributed by atoms with Gasteiger partial charge in [0, 0.05) is 17.9 Å². The molecule has 4 aromatic rings. The summed E-state index contributed by atoms with van der Waals surface area (Å²) in [5.74, 6) is 0.297. The molecule has 0 radical (unpaired) electrons. The van der Waals surface area contributed by atoms with Gasteiger partial charge in [0.1, 0.15) is 5.82 Å². The van der Waals surface area contributed by atoms with Gasteiger partial charge in [-0.2, -0.15) is 0 Å². The number of aromatic nitrogens is 3. The summed E-state index contributed by atoms with van der Waals surface area (Å²) in [7, 11) is 0. The van der Waals surface area contributed by atoms with Crippen molar-refractivity contribution in [2.24, 2.45) is 0 Å². The molecule has 4 rings (SSSR count). The number of hydrogen-bond donors (Lipinski definition) is 2. The molecule has 2 aromatic carbocycles. The van der Waals surface area contributed by atoms with Crippen LogP contribution in [0.1, 0.15) is 12.2 Å². The van der Waals surface area contributed by atoms with Crippen LogP contribution < -0.4 is 10.9 Å². The zero-order valence-corrected chi connectivity index (χ0v) is 15.0. The average molecular weight is 385 g/mol. The Hall–Kier alpha value is -2.77. The number of hydrogen-bond acceptors (Lipinski definition) is 5. The fourth-order valence-corrected chi connectivity index (χ4v) is 3.78. The summed E-state index contributed by atoms with van der Waals surface area (Å²) >= 11 is 7.33. The Kier molecular flexibility index (Phi) is 4.40. The molecule has 2 heterocycles. The first kappa shape index (κ1) is 16.7. The van der Waals surface area contributed by atoms with E-state index in [0.29, 0.717) is 33.3 Å². The van der Waals surface area contributed by atoms with Crippen molar-refractivity contribution in [1.82, 2.24) is 15.0 Å². The number of para-hydroxylation sites is 1. The number of H-pyrrole nitrogens is 1. The molecule has 0 fully saturated rings. The van der Waals surface area contributed by atoms with Gasteiger partial charge in [-0.05, 0) is 30.3 Å². The monoisotopic (exact) mass is 384 g/mol. The zero-order valence-electron chi connectivity index (χ0n) is 13.5. The Morgan fingerprint density at radius 1 is 1.15 bits per heavy atom. The van der Waals surface area contributed by atoms with Crippen LogP contribution in [-0.2, 0) is 11.2 Å². The number of thiazole rings is 1. The van der Waals surface area contributed by atoms with E-state index in [1.807, 2.05) is 18.2 Å². The number of benzene rings is 2. The lowest BCUT2D eigenvalue weighted by molar-refractivity contribution is -0.116. The van der Waals surface area contributed by atoms with Gasteiger partial charge in [0.2, 0.25) is 5.91 Å². The van der Waals surface area contributed by atoms with Gasteiger partial charge in [-0.15, -0.1) is 0 Å². The number of nitrogens with zero attached hydrogens (tertiary/aromatic N) is 2. The molecular formula is C18H13ClN4O2S. The maximum Gasteiger partial charge on any atom is 0.258 e. The lowest BCUT2D eigenvalue weighted by Gasteiger charge is -2.03. The molecule has 8 heteroatoms. The van der Waals surface area contributed by atoms with Crippen LogP contribution >= 0.6 is 22.9 Å². The highest BCUT2D eigenvalue weighted by atomic mass is 35.5. The minimum atomic E-state index is -0.200. The highest BCUT2D eigenvalue weighted by Crippen LogP contribution is 2.28. The van der Waals surface area contributed by atoms with Gasteiger partial charge in [-0.3, -0.25) is 9.59 Å². The summed E-state index contributed by atoms with van der Waals surface area (Å²) < 4.78 is 0.910. The van der Waals surface area contributed by atoms with Crippen molar-refractivity contribution in [3.63, 3.8) is 0 Å². The average Bonchev–Trinajstić information content (AvgIpc) is 3.01. The van der Waals surface area contributed by atoms with E-state index in [2.05, 4.69) is 20.3 Å². The first-order chi connectivity index (χ1) is 12.6. The van der Waals surface area contributed by atoms with E-state index in [-0.39, 0.29) is 17.9 Å². The van der Waals surface area contributed by atoms with Crippen LogP contribution in [0, 0.1) is 0 Å². The normalized spacial score (nSPS) is 11.1. The van der Waals surface area contributed by atoms with Crippen LogP contribution in [0.2, 0.25) is 5.02 Å². The molecule has 2 N–H and O–H groups in total. The topological polar surface area (TPSA) is 87.7 Å². The Morgan fingerprint density at radius 3 is 2.88 bits per heavy atom. The second kappa shape index (κ2) is 6.86. The number of carbonyl (C=O) groups is 1. The maximum atomic E-state index is 12.2. The zero-order chi connectivity index (χ0) is 18.1. The number of amides is 1. The standard InChI is InChI=1S/C18H13ClN4O2S/c19-10-5-6-13-14(9-10)26-18(21-13)23-16(24)8-7-15-20-12-4-2-1-3-11(12)17(25)22-15/h1-6,9H,7-8H2,(H,20,22,25)(H,21,23,24). The first-order valence-corrected chi connectivity index (χ1v) is 9.12. The fraction of sp³-hybridized carbons (Fsp3) is 0.111. The number of halogens is 1. The van der Waals surface area contributed by atoms with E-state index in [1.54, 1.807) is 24.3 Å². The number of fused-ring (bicyclic) bond motifs is 2. The molecule has 26 heavy (non-hydrogen) atoms. The summed E-state index contributed by atoms with van der Waals surface area (Å²) in [5.41, 5.74) is 1.21. The summed E-state index contributed by atoms with van der Waals surface area (Å²) in [4.78, 5) is 35.7. The molecule has 130 valence electrons. The molecular weight excluding hydrogens is 372 g/mol. The van der Waals surface area contributed by atoms with Crippen molar-refractivity contribution in [3.05, 3.63) is 63.7 Å². The van der Waals surface area contributed by atoms with E-state index in [4.69, 9.17) is 11.6 Å². The molecule has 0 unspecified atom stereocenters. The van der Waals surface area contributed by atoms with Crippen LogP contribution in [0.15, 0.2) is 47.3 Å². The Morgan fingerprint density at radius 2 is 2.00 bits per heavy atom. The van der Waals surface area contributed by atoms with Crippen molar-refractivity contribution in [2.75, 3.05) is 5.32 Å². The largest absolute Gasteiger partial charge is 0.310 e. The number of nitrogens with one attached hydrogen (secondary N) is 2. The minimum Gasteiger partial charge on any atom is -0.310 e. The SMILES string of the molecule is O=C(CCc1nc2ccccc2c(=O)[nH]1)Nc1nc2ccc(Cl)cc2s1. The van der Waals surface area contributed by atoms with Crippen molar-refractivity contribution >= 4 is 55.1 Å². The van der Waals surface area contributed by atoms with Crippen LogP contribution in [-0.4, -0.2) is 20.9 Å². The number of aryl methyl sites for hydroxylation is 1. The Labute approximate surface area is 156 Å². The van der Waals surface area contributed by atoms with Crippen LogP contribution in [0.3, 0.4) is 0 Å². The van der Waals surface area contributed by atoms with E-state index in [1.165, 1.54) is 11.3 Å². The smallest absolute Gasteiger partial charge is 0.258 e. The van der Waals surface area contributed by atoms with Crippen molar-refractivity contribution in [1.29, 1.82) is 0 Å². The highest BCUT2D eigenvalue weighted by molar-refractivity contribution is 7.22. The third-order valence-electron chi connectivity index (χ3n) is 3.85. The number of carbonyl (C=O) groups excluding carboxylic acids is 1. The summed E-state index contributed by atoms with van der Waals surface area (Å²) in [6.45, 7) is 0. The number of anilines is 1. The molecule has 0 aliphatic carbocycles. The van der Waals surface area contributed by atoms with E-state index in [0.717, 1.165) is 10.2 Å². The second-order valence-corrected chi connectivity index (χ2v) is 7.18. The number of aromatic amines is 1. The van der Waals surface area contributed by atoms with E-state index >= 15 is 0 Å². The molecule has 6 nitrogen and oxygen atoms in total. The molecule has 0 bridgehead atoms. The van der Waals surface area contributed by atoms with E-state index < -0.39 is 0 Å². The van der Waals surface area contributed by atoms with Gasteiger partial charge in [-0.1, -0.05) is 35.1 Å². The van der Waals surface area contributed by atoms with Gasteiger partial charge in [-0.25, -0.2) is 9.97 Å². The predicted octanol–water partition coefficient (Wildman–Crippen LogP) is 3.76. The highest BCUT2D eigenvalue weighted by Gasteiger charge is 2.10. The van der Waals surface area contributed by atoms with Crippen molar-refractivity contribution in [3.8, 4) is 0 Å². The van der Waals surface area contributed by atoms with Crippen LogP contribution in [0.5, 0.6) is 0 Å². The molecule has 0 aliphatic rings. The number of rotatable bonds is 4. The third kappa shape index (κ3) is 3.44.